The molecule has 1 saturated heterocycles. The van der Waals surface area contributed by atoms with Crippen LogP contribution in [0.3, 0.4) is 0 Å². The molecule has 2 atom stereocenters. The normalized spacial score (nSPS) is 22.1. The average molecular weight is 316 g/mol. The zero-order valence-electron chi connectivity index (χ0n) is 12.2. The number of hydrogen-bond acceptors (Lipinski definition) is 4. The molecule has 0 radical (unpaired) electrons. The van der Waals surface area contributed by atoms with E-state index < -0.39 is 10.0 Å². The fourth-order valence-electron chi connectivity index (χ4n) is 2.56. The summed E-state index contributed by atoms with van der Waals surface area (Å²) in [6, 6.07) is 4.18. The van der Waals surface area contributed by atoms with Gasteiger partial charge in [-0.05, 0) is 44.2 Å². The first-order valence-electron chi connectivity index (χ1n) is 7.20. The third-order valence-corrected chi connectivity index (χ3v) is 6.92. The van der Waals surface area contributed by atoms with E-state index in [1.807, 2.05) is 18.4 Å². The summed E-state index contributed by atoms with van der Waals surface area (Å²) in [6.07, 6.45) is 4.03. The Morgan fingerprint density at radius 2 is 2.30 bits per heavy atom. The van der Waals surface area contributed by atoms with Gasteiger partial charge in [-0.3, -0.25) is 0 Å². The number of likely N-dealkylation sites (N-methyl/N-ethyl adjacent to an activating group) is 1. The molecule has 4 nitrogen and oxygen atoms in total. The Kier molecular flexibility index (Phi) is 5.60. The van der Waals surface area contributed by atoms with Gasteiger partial charge in [-0.25, -0.2) is 12.7 Å². The minimum absolute atomic E-state index is 0.00207. The van der Waals surface area contributed by atoms with Crippen molar-refractivity contribution in [2.45, 2.75) is 44.7 Å². The Labute approximate surface area is 126 Å². The summed E-state index contributed by atoms with van der Waals surface area (Å²) in [6.45, 7) is 2.92. The van der Waals surface area contributed by atoms with Crippen LogP contribution in [0.1, 0.15) is 31.1 Å². The van der Waals surface area contributed by atoms with E-state index in [-0.39, 0.29) is 17.8 Å². The molecule has 6 heteroatoms. The van der Waals surface area contributed by atoms with Gasteiger partial charge in [0.25, 0.3) is 0 Å². The number of piperidine rings is 1. The van der Waals surface area contributed by atoms with Crippen molar-refractivity contribution in [1.82, 2.24) is 9.62 Å². The second-order valence-electron chi connectivity index (χ2n) is 5.57. The molecule has 1 fully saturated rings. The van der Waals surface area contributed by atoms with Crippen LogP contribution in [0.15, 0.2) is 17.5 Å². The lowest BCUT2D eigenvalue weighted by Crippen LogP contribution is -2.45. The molecule has 2 heterocycles. The molecular formula is C14H24N2O2S2. The van der Waals surface area contributed by atoms with E-state index in [0.717, 1.165) is 32.2 Å². The quantitative estimate of drug-likeness (QED) is 0.874. The van der Waals surface area contributed by atoms with Crippen LogP contribution >= 0.6 is 11.3 Å². The molecule has 114 valence electrons. The van der Waals surface area contributed by atoms with Crippen molar-refractivity contribution in [3.63, 3.8) is 0 Å². The van der Waals surface area contributed by atoms with E-state index in [0.29, 0.717) is 0 Å². The smallest absolute Gasteiger partial charge is 0.215 e. The predicted octanol–water partition coefficient (Wildman–Crippen LogP) is 2.08. The van der Waals surface area contributed by atoms with Crippen molar-refractivity contribution >= 4 is 21.4 Å². The lowest BCUT2D eigenvalue weighted by molar-refractivity contribution is 0.373. The molecule has 0 spiro atoms. The van der Waals surface area contributed by atoms with Gasteiger partial charge in [0.1, 0.15) is 0 Å². The van der Waals surface area contributed by atoms with Crippen LogP contribution in [-0.4, -0.2) is 44.2 Å². The number of nitrogens with zero attached hydrogens (tertiary/aromatic N) is 1. The average Bonchev–Trinajstić information content (AvgIpc) is 2.91. The van der Waals surface area contributed by atoms with Crippen LogP contribution in [0.2, 0.25) is 0 Å². The highest BCUT2D eigenvalue weighted by Gasteiger charge is 2.27. The maximum atomic E-state index is 12.5. The van der Waals surface area contributed by atoms with Gasteiger partial charge in [0, 0.05) is 24.0 Å². The van der Waals surface area contributed by atoms with E-state index >= 15 is 0 Å². The lowest BCUT2D eigenvalue weighted by Gasteiger charge is -2.28. The summed E-state index contributed by atoms with van der Waals surface area (Å²) in [5.74, 6) is 0.221. The molecule has 1 aromatic rings. The summed E-state index contributed by atoms with van der Waals surface area (Å²) in [7, 11) is -1.48. The van der Waals surface area contributed by atoms with E-state index in [1.54, 1.807) is 22.7 Å². The first kappa shape index (κ1) is 15.9. The molecular weight excluding hydrogens is 292 g/mol. The fraction of sp³-hybridized carbons (Fsp3) is 0.714. The van der Waals surface area contributed by atoms with Gasteiger partial charge in [0.05, 0.1) is 5.75 Å². The number of nitrogens with one attached hydrogen (secondary N) is 1. The topological polar surface area (TPSA) is 49.4 Å². The molecule has 0 saturated carbocycles. The third kappa shape index (κ3) is 4.28. The second kappa shape index (κ2) is 7.02. The summed E-state index contributed by atoms with van der Waals surface area (Å²) in [5, 5.41) is 5.34. The summed E-state index contributed by atoms with van der Waals surface area (Å²) < 4.78 is 26.5. The number of rotatable bonds is 6. The Bertz CT molecular complexity index is 493. The van der Waals surface area contributed by atoms with Gasteiger partial charge < -0.3 is 5.32 Å². The van der Waals surface area contributed by atoms with E-state index in [9.17, 15) is 8.42 Å². The van der Waals surface area contributed by atoms with Crippen molar-refractivity contribution in [3.05, 3.63) is 22.4 Å². The van der Waals surface area contributed by atoms with Gasteiger partial charge in [0.2, 0.25) is 10.0 Å². The fourth-order valence-corrected chi connectivity index (χ4v) is 5.04. The van der Waals surface area contributed by atoms with Crippen molar-refractivity contribution in [2.75, 3.05) is 19.3 Å². The molecule has 20 heavy (non-hydrogen) atoms. The van der Waals surface area contributed by atoms with Crippen LogP contribution < -0.4 is 5.32 Å². The van der Waals surface area contributed by atoms with Crippen molar-refractivity contribution < 1.29 is 8.42 Å². The molecule has 1 aromatic heterocycles. The van der Waals surface area contributed by atoms with Gasteiger partial charge in [-0.15, -0.1) is 11.3 Å². The Morgan fingerprint density at radius 1 is 1.50 bits per heavy atom. The highest BCUT2D eigenvalue weighted by Crippen LogP contribution is 2.17. The van der Waals surface area contributed by atoms with Gasteiger partial charge in [-0.2, -0.15) is 0 Å². The minimum Gasteiger partial charge on any atom is -0.313 e. The Morgan fingerprint density at radius 3 is 2.90 bits per heavy atom. The standard InChI is InChI=1S/C14H24N2O2S2/c1-12(10-14-7-5-9-19-14)16(2)20(17,18)11-13-6-3-4-8-15-13/h5,7,9,12-13,15H,3-4,6,8,10-11H2,1-2H3. The van der Waals surface area contributed by atoms with E-state index in [2.05, 4.69) is 11.4 Å². The molecule has 1 aliphatic heterocycles. The maximum absolute atomic E-state index is 12.5. The molecule has 1 N–H and O–H groups in total. The summed E-state index contributed by atoms with van der Waals surface area (Å²) >= 11 is 1.68. The Balaban J connectivity index is 1.93. The SMILES string of the molecule is CC(Cc1cccs1)N(C)S(=O)(=O)CC1CCCCN1. The summed E-state index contributed by atoms with van der Waals surface area (Å²) in [4.78, 5) is 1.23. The second-order valence-corrected chi connectivity index (χ2v) is 8.68. The van der Waals surface area contributed by atoms with Crippen LogP contribution in [0.5, 0.6) is 0 Å². The van der Waals surface area contributed by atoms with Crippen LogP contribution in [-0.2, 0) is 16.4 Å². The third-order valence-electron chi connectivity index (χ3n) is 3.96. The highest BCUT2D eigenvalue weighted by atomic mass is 32.2. The molecule has 0 bridgehead atoms. The number of sulfonamides is 1. The van der Waals surface area contributed by atoms with Crippen molar-refractivity contribution in [1.29, 1.82) is 0 Å². The highest BCUT2D eigenvalue weighted by molar-refractivity contribution is 7.89. The lowest BCUT2D eigenvalue weighted by atomic mass is 10.1. The molecule has 0 amide bonds. The zero-order chi connectivity index (χ0) is 14.6. The molecule has 2 rings (SSSR count). The predicted molar refractivity (Wildman–Crippen MR) is 84.7 cm³/mol. The van der Waals surface area contributed by atoms with Gasteiger partial charge in [-0.1, -0.05) is 12.5 Å². The zero-order valence-corrected chi connectivity index (χ0v) is 13.8. The van der Waals surface area contributed by atoms with Gasteiger partial charge >= 0.3 is 0 Å². The van der Waals surface area contributed by atoms with Crippen molar-refractivity contribution in [2.24, 2.45) is 0 Å². The molecule has 0 aromatic carbocycles. The molecule has 0 aliphatic carbocycles. The number of hydrogen-bond donors (Lipinski definition) is 1. The maximum Gasteiger partial charge on any atom is 0.215 e. The monoisotopic (exact) mass is 316 g/mol. The van der Waals surface area contributed by atoms with Gasteiger partial charge in [0.15, 0.2) is 0 Å². The van der Waals surface area contributed by atoms with Crippen molar-refractivity contribution in [3.8, 4) is 0 Å². The van der Waals surface area contributed by atoms with E-state index in [4.69, 9.17) is 0 Å². The molecule has 1 aliphatic rings. The minimum atomic E-state index is -3.19. The largest absolute Gasteiger partial charge is 0.313 e. The Hall–Kier alpha value is -0.430. The first-order valence-corrected chi connectivity index (χ1v) is 9.69. The van der Waals surface area contributed by atoms with Crippen LogP contribution in [0.25, 0.3) is 0 Å². The summed E-state index contributed by atoms with van der Waals surface area (Å²) in [5.41, 5.74) is 0. The van der Waals surface area contributed by atoms with E-state index in [1.165, 1.54) is 4.88 Å². The first-order chi connectivity index (χ1) is 9.49. The van der Waals surface area contributed by atoms with Crippen LogP contribution in [0, 0.1) is 0 Å². The molecule has 2 unspecified atom stereocenters. The number of thiophene rings is 1. The van der Waals surface area contributed by atoms with Crippen LogP contribution in [0.4, 0.5) is 0 Å².